The molecule has 8 rings (SSSR count). The highest BCUT2D eigenvalue weighted by Gasteiger charge is 2.09. The van der Waals surface area contributed by atoms with Crippen molar-refractivity contribution in [2.75, 3.05) is 0 Å². The standard InChI is InChI=1S/C24H18N4.C18H20O2/c1-2-4-22-21(3-1)23-13-19-9-7-17(26-19)11-15-5-6-16(25-15)12-18-8-10-20(27-18)14-24(22)28-23;1-3-17(13-5-9-15(19)10-6-13)18(4-2)14-7-11-16(20)12-8-14/h1-14,25-28H;5-12,19-20H,3-4H2,1-2H3/b;18-17+. The zero-order chi connectivity index (χ0) is 33.0. The fraction of sp³-hybridized carbons (Fsp3) is 0.0952. The molecule has 0 fully saturated rings. The number of fused-ring (bicyclic) bond motifs is 11. The third-order valence-corrected chi connectivity index (χ3v) is 8.69. The van der Waals surface area contributed by atoms with Crippen molar-refractivity contribution >= 4 is 46.2 Å². The van der Waals surface area contributed by atoms with Gasteiger partial charge in [0.05, 0.1) is 0 Å². The predicted molar refractivity (Wildman–Crippen MR) is 197 cm³/mol. The van der Waals surface area contributed by atoms with Gasteiger partial charge in [-0.3, -0.25) is 0 Å². The van der Waals surface area contributed by atoms with Crippen molar-refractivity contribution in [3.8, 4) is 11.5 Å². The largest absolute Gasteiger partial charge is 0.508 e. The van der Waals surface area contributed by atoms with Gasteiger partial charge in [-0.05, 0) is 120 Å². The first kappa shape index (κ1) is 30.5. The van der Waals surface area contributed by atoms with Crippen LogP contribution in [0, 0.1) is 0 Å². The molecule has 3 aromatic carbocycles. The number of allylic oxidation sites excluding steroid dienone is 2. The van der Waals surface area contributed by atoms with Crippen molar-refractivity contribution < 1.29 is 10.2 Å². The van der Waals surface area contributed by atoms with Gasteiger partial charge in [0.15, 0.2) is 0 Å². The first-order valence-corrected chi connectivity index (χ1v) is 16.3. The number of aromatic nitrogens is 4. The summed E-state index contributed by atoms with van der Waals surface area (Å²) in [4.78, 5) is 14.0. The van der Waals surface area contributed by atoms with Gasteiger partial charge in [-0.1, -0.05) is 62.4 Å². The van der Waals surface area contributed by atoms with Gasteiger partial charge < -0.3 is 30.1 Å². The first-order valence-electron chi connectivity index (χ1n) is 16.3. The van der Waals surface area contributed by atoms with Gasteiger partial charge in [-0.15, -0.1) is 0 Å². The average molecular weight is 631 g/mol. The minimum Gasteiger partial charge on any atom is -0.508 e. The molecule has 8 bridgehead atoms. The van der Waals surface area contributed by atoms with E-state index in [4.69, 9.17) is 0 Å². The van der Waals surface area contributed by atoms with Crippen molar-refractivity contribution in [1.82, 2.24) is 19.9 Å². The molecule has 48 heavy (non-hydrogen) atoms. The minimum absolute atomic E-state index is 0.284. The molecule has 6 heteroatoms. The van der Waals surface area contributed by atoms with E-state index < -0.39 is 0 Å². The summed E-state index contributed by atoms with van der Waals surface area (Å²) in [7, 11) is 0. The highest BCUT2D eigenvalue weighted by molar-refractivity contribution is 5.91. The topological polar surface area (TPSA) is 104 Å². The molecule has 1 aliphatic rings. The summed E-state index contributed by atoms with van der Waals surface area (Å²) in [6.45, 7) is 4.27. The molecule has 0 amide bonds. The number of phenols is 2. The second-order valence-corrected chi connectivity index (χ2v) is 11.9. The van der Waals surface area contributed by atoms with E-state index in [2.05, 4.69) is 119 Å². The quantitative estimate of drug-likeness (QED) is 0.123. The van der Waals surface area contributed by atoms with Gasteiger partial charge in [0.1, 0.15) is 11.5 Å². The SMILES string of the molecule is C1=c2ccc([nH]2)=Cc2ccc([nH]2)C=c2[nH]c(c3ccccc23)=Cc2ccc1[nH]2.CC/C(=C(/CC)c1ccc(O)cc1)c1ccc(O)cc1. The highest BCUT2D eigenvalue weighted by atomic mass is 16.3. The van der Waals surface area contributed by atoms with Gasteiger partial charge >= 0.3 is 0 Å². The molecule has 4 aromatic heterocycles. The van der Waals surface area contributed by atoms with E-state index in [0.717, 1.165) is 68.1 Å². The summed E-state index contributed by atoms with van der Waals surface area (Å²) in [5.74, 6) is 0.568. The second-order valence-electron chi connectivity index (χ2n) is 11.9. The van der Waals surface area contributed by atoms with Gasteiger partial charge in [0.25, 0.3) is 0 Å². The van der Waals surface area contributed by atoms with Crippen LogP contribution in [-0.2, 0) is 0 Å². The Bertz CT molecular complexity index is 2310. The Morgan fingerprint density at radius 3 is 1.23 bits per heavy atom. The van der Waals surface area contributed by atoms with E-state index in [1.165, 1.54) is 21.9 Å². The van der Waals surface area contributed by atoms with Crippen molar-refractivity contribution in [3.63, 3.8) is 0 Å². The molecule has 0 radical (unpaired) electrons. The molecule has 0 aliphatic carbocycles. The van der Waals surface area contributed by atoms with Crippen LogP contribution in [0.2, 0.25) is 0 Å². The lowest BCUT2D eigenvalue weighted by Crippen LogP contribution is -2.11. The number of rotatable bonds is 4. The van der Waals surface area contributed by atoms with E-state index in [9.17, 15) is 10.2 Å². The highest BCUT2D eigenvalue weighted by Crippen LogP contribution is 2.32. The maximum absolute atomic E-state index is 9.41. The summed E-state index contributed by atoms with van der Waals surface area (Å²) >= 11 is 0. The number of aromatic amines is 4. The molecular formula is C42H38N4O2. The molecule has 1 aliphatic heterocycles. The Morgan fingerprint density at radius 1 is 0.438 bits per heavy atom. The third-order valence-electron chi connectivity index (χ3n) is 8.69. The maximum atomic E-state index is 9.41. The van der Waals surface area contributed by atoms with Crippen molar-refractivity contribution in [2.45, 2.75) is 26.7 Å². The molecule has 5 heterocycles. The fourth-order valence-electron chi connectivity index (χ4n) is 6.41. The minimum atomic E-state index is 0.284. The molecule has 6 N–H and O–H groups in total. The zero-order valence-corrected chi connectivity index (χ0v) is 27.0. The Labute approximate surface area is 278 Å². The van der Waals surface area contributed by atoms with Crippen LogP contribution in [0.25, 0.3) is 46.2 Å². The van der Waals surface area contributed by atoms with Crippen molar-refractivity contribution in [3.05, 3.63) is 164 Å². The van der Waals surface area contributed by atoms with E-state index in [-0.39, 0.29) is 11.5 Å². The van der Waals surface area contributed by atoms with Crippen LogP contribution in [0.15, 0.2) is 109 Å². The van der Waals surface area contributed by atoms with Crippen LogP contribution < -0.4 is 21.4 Å². The average Bonchev–Trinajstić information content (AvgIpc) is 3.91. The number of phenolic OH excluding ortho intramolecular Hbond substituents is 2. The van der Waals surface area contributed by atoms with Crippen LogP contribution in [-0.4, -0.2) is 30.1 Å². The summed E-state index contributed by atoms with van der Waals surface area (Å²) in [5.41, 5.74) is 9.09. The smallest absolute Gasteiger partial charge is 0.115 e. The number of nitrogens with one attached hydrogen (secondary N) is 4. The Balaban J connectivity index is 0.000000162. The van der Waals surface area contributed by atoms with Gasteiger partial charge in [0.2, 0.25) is 0 Å². The summed E-state index contributed by atoms with van der Waals surface area (Å²) < 4.78 is 0. The molecule has 238 valence electrons. The second kappa shape index (κ2) is 13.3. The number of hydrogen-bond acceptors (Lipinski definition) is 2. The fourth-order valence-corrected chi connectivity index (χ4v) is 6.41. The lowest BCUT2D eigenvalue weighted by Gasteiger charge is -2.14. The molecule has 7 aromatic rings. The van der Waals surface area contributed by atoms with Crippen LogP contribution in [0.4, 0.5) is 0 Å². The van der Waals surface area contributed by atoms with E-state index in [1.54, 1.807) is 24.3 Å². The molecule has 0 saturated carbocycles. The third kappa shape index (κ3) is 6.55. The Morgan fingerprint density at radius 2 is 0.833 bits per heavy atom. The molecule has 0 atom stereocenters. The van der Waals surface area contributed by atoms with E-state index in [0.29, 0.717) is 0 Å². The first-order chi connectivity index (χ1) is 23.4. The number of benzene rings is 3. The predicted octanol–water partition coefficient (Wildman–Crippen LogP) is 6.61. The van der Waals surface area contributed by atoms with E-state index >= 15 is 0 Å². The van der Waals surface area contributed by atoms with Gasteiger partial charge in [0, 0.05) is 54.9 Å². The maximum Gasteiger partial charge on any atom is 0.115 e. The Hall–Kier alpha value is -6.14. The molecular weight excluding hydrogens is 592 g/mol. The zero-order valence-electron chi connectivity index (χ0n) is 27.0. The van der Waals surface area contributed by atoms with Crippen LogP contribution in [0.5, 0.6) is 11.5 Å². The summed E-state index contributed by atoms with van der Waals surface area (Å²) in [5, 5.41) is 25.6. The number of aromatic hydroxyl groups is 2. The molecule has 6 nitrogen and oxygen atoms in total. The molecule has 0 saturated heterocycles. The van der Waals surface area contributed by atoms with Crippen LogP contribution in [0.3, 0.4) is 0 Å². The monoisotopic (exact) mass is 630 g/mol. The van der Waals surface area contributed by atoms with Crippen LogP contribution >= 0.6 is 0 Å². The molecule has 0 spiro atoms. The van der Waals surface area contributed by atoms with Crippen molar-refractivity contribution in [2.24, 2.45) is 0 Å². The van der Waals surface area contributed by atoms with Crippen molar-refractivity contribution in [1.29, 1.82) is 0 Å². The number of H-pyrrole nitrogens is 4. The summed E-state index contributed by atoms with van der Waals surface area (Å²) in [6, 6.07) is 35.7. The Kier molecular flexibility index (Phi) is 8.46. The van der Waals surface area contributed by atoms with Crippen LogP contribution in [0.1, 0.15) is 60.6 Å². The lowest BCUT2D eigenvalue weighted by atomic mass is 9.91. The van der Waals surface area contributed by atoms with E-state index in [1.807, 2.05) is 24.3 Å². The summed E-state index contributed by atoms with van der Waals surface area (Å²) in [6.07, 6.45) is 10.4. The van der Waals surface area contributed by atoms with Gasteiger partial charge in [-0.25, -0.2) is 0 Å². The van der Waals surface area contributed by atoms with Gasteiger partial charge in [-0.2, -0.15) is 0 Å². The molecule has 0 unspecified atom stereocenters. The lowest BCUT2D eigenvalue weighted by molar-refractivity contribution is 0.474. The number of hydrogen-bond donors (Lipinski definition) is 6. The normalized spacial score (nSPS) is 12.5.